The van der Waals surface area contributed by atoms with Crippen molar-refractivity contribution in [2.75, 3.05) is 11.4 Å². The van der Waals surface area contributed by atoms with Crippen molar-refractivity contribution in [1.29, 1.82) is 0 Å². The molecule has 5 rings (SSSR count). The first-order chi connectivity index (χ1) is 16.0. The Kier molecular flexibility index (Phi) is 6.00. The Labute approximate surface area is 202 Å². The molecule has 4 nitrogen and oxygen atoms in total. The number of hydrogen-bond donors (Lipinski definition) is 0. The maximum atomic E-state index is 13.8. The summed E-state index contributed by atoms with van der Waals surface area (Å²) in [6, 6.07) is 18.5. The van der Waals surface area contributed by atoms with E-state index in [0.29, 0.717) is 22.7 Å². The van der Waals surface area contributed by atoms with Gasteiger partial charge in [0.2, 0.25) is 5.95 Å². The first-order valence-corrected chi connectivity index (χ1v) is 11.6. The van der Waals surface area contributed by atoms with Crippen molar-refractivity contribution < 1.29 is 4.39 Å². The highest BCUT2D eigenvalue weighted by molar-refractivity contribution is 6.33. The van der Waals surface area contributed by atoms with E-state index in [4.69, 9.17) is 33.2 Å². The van der Waals surface area contributed by atoms with E-state index < -0.39 is 5.82 Å². The Bertz CT molecular complexity index is 1310. The fourth-order valence-corrected chi connectivity index (χ4v) is 4.55. The van der Waals surface area contributed by atoms with Gasteiger partial charge >= 0.3 is 0 Å². The topological polar surface area (TPSA) is 41.9 Å². The summed E-state index contributed by atoms with van der Waals surface area (Å²) in [7, 11) is 0. The standard InChI is InChI=1S/C26H21Cl2FN4/c1-16-4-3-13-33(16)26-31-23(15-24(32-26)19-10-11-22(29)21(28)14-19)17-6-8-18(9-7-17)25-20(27)5-2-12-30-25/h2,5-12,14-16H,3-4,13H2,1H3. The molecule has 0 spiro atoms. The highest BCUT2D eigenvalue weighted by Gasteiger charge is 2.24. The molecule has 0 saturated carbocycles. The second-order valence-corrected chi connectivity index (χ2v) is 8.98. The molecule has 0 radical (unpaired) electrons. The molecule has 0 bridgehead atoms. The van der Waals surface area contributed by atoms with Gasteiger partial charge in [-0.1, -0.05) is 47.5 Å². The first-order valence-electron chi connectivity index (χ1n) is 10.8. The highest BCUT2D eigenvalue weighted by atomic mass is 35.5. The van der Waals surface area contributed by atoms with Crippen LogP contribution in [0, 0.1) is 5.82 Å². The van der Waals surface area contributed by atoms with Crippen molar-refractivity contribution in [3.63, 3.8) is 0 Å². The fourth-order valence-electron chi connectivity index (χ4n) is 4.14. The monoisotopic (exact) mass is 478 g/mol. The zero-order chi connectivity index (χ0) is 22.9. The van der Waals surface area contributed by atoms with Gasteiger partial charge in [0, 0.05) is 35.5 Å². The molecule has 2 aromatic heterocycles. The van der Waals surface area contributed by atoms with E-state index in [1.54, 1.807) is 18.3 Å². The molecule has 4 aromatic rings. The van der Waals surface area contributed by atoms with Gasteiger partial charge in [0.05, 0.1) is 27.1 Å². The average molecular weight is 479 g/mol. The summed E-state index contributed by atoms with van der Waals surface area (Å²) < 4.78 is 13.8. The summed E-state index contributed by atoms with van der Waals surface area (Å²) in [6.07, 6.45) is 3.93. The van der Waals surface area contributed by atoms with Crippen LogP contribution in [-0.4, -0.2) is 27.5 Å². The third-order valence-electron chi connectivity index (χ3n) is 5.95. The number of halogens is 3. The minimum atomic E-state index is -0.452. The van der Waals surface area contributed by atoms with Crippen LogP contribution in [0.2, 0.25) is 10.0 Å². The number of nitrogens with zero attached hydrogens (tertiary/aromatic N) is 4. The second kappa shape index (κ2) is 9.08. The summed E-state index contributed by atoms with van der Waals surface area (Å²) >= 11 is 12.4. The molecule has 1 unspecified atom stereocenters. The van der Waals surface area contributed by atoms with E-state index >= 15 is 0 Å². The van der Waals surface area contributed by atoms with Crippen LogP contribution in [-0.2, 0) is 0 Å². The summed E-state index contributed by atoms with van der Waals surface area (Å²) in [4.78, 5) is 16.3. The van der Waals surface area contributed by atoms with Gasteiger partial charge in [-0.05, 0) is 56.2 Å². The number of rotatable bonds is 4. The Hall–Kier alpha value is -3.02. The maximum Gasteiger partial charge on any atom is 0.226 e. The zero-order valence-electron chi connectivity index (χ0n) is 18.0. The predicted molar refractivity (Wildman–Crippen MR) is 132 cm³/mol. The van der Waals surface area contributed by atoms with Gasteiger partial charge < -0.3 is 4.90 Å². The lowest BCUT2D eigenvalue weighted by molar-refractivity contribution is 0.628. The van der Waals surface area contributed by atoms with Crippen LogP contribution in [0.5, 0.6) is 0 Å². The number of hydrogen-bond acceptors (Lipinski definition) is 4. The molecule has 166 valence electrons. The van der Waals surface area contributed by atoms with Crippen molar-refractivity contribution in [3.8, 4) is 33.8 Å². The van der Waals surface area contributed by atoms with E-state index in [-0.39, 0.29) is 5.02 Å². The molecule has 0 amide bonds. The van der Waals surface area contributed by atoms with E-state index in [9.17, 15) is 4.39 Å². The summed E-state index contributed by atoms with van der Waals surface area (Å²) in [5, 5.41) is 0.674. The number of pyridine rings is 1. The molecule has 1 atom stereocenters. The van der Waals surface area contributed by atoms with Crippen LogP contribution in [0.4, 0.5) is 10.3 Å². The van der Waals surface area contributed by atoms with E-state index in [0.717, 1.165) is 47.5 Å². The van der Waals surface area contributed by atoms with Gasteiger partial charge in [-0.15, -0.1) is 0 Å². The van der Waals surface area contributed by atoms with Crippen molar-refractivity contribution in [2.45, 2.75) is 25.8 Å². The smallest absolute Gasteiger partial charge is 0.226 e. The molecule has 1 saturated heterocycles. The van der Waals surface area contributed by atoms with Gasteiger partial charge in [0.25, 0.3) is 0 Å². The Morgan fingerprint density at radius 2 is 1.58 bits per heavy atom. The van der Waals surface area contributed by atoms with Gasteiger partial charge in [0.15, 0.2) is 0 Å². The third-order valence-corrected chi connectivity index (χ3v) is 6.55. The molecular formula is C26H21Cl2FN4. The zero-order valence-corrected chi connectivity index (χ0v) is 19.5. The largest absolute Gasteiger partial charge is 0.338 e. The molecule has 3 heterocycles. The van der Waals surface area contributed by atoms with Gasteiger partial charge in [-0.3, -0.25) is 4.98 Å². The normalized spacial score (nSPS) is 15.8. The van der Waals surface area contributed by atoms with E-state index in [2.05, 4.69) is 16.8 Å². The Morgan fingerprint density at radius 3 is 2.24 bits per heavy atom. The second-order valence-electron chi connectivity index (χ2n) is 8.16. The van der Waals surface area contributed by atoms with Crippen LogP contribution in [0.15, 0.2) is 66.9 Å². The van der Waals surface area contributed by atoms with Gasteiger partial charge in [0.1, 0.15) is 5.82 Å². The minimum absolute atomic E-state index is 0.0698. The molecule has 33 heavy (non-hydrogen) atoms. The highest BCUT2D eigenvalue weighted by Crippen LogP contribution is 2.32. The van der Waals surface area contributed by atoms with Crippen LogP contribution in [0.1, 0.15) is 19.8 Å². The molecule has 0 aliphatic carbocycles. The molecule has 1 fully saturated rings. The maximum absolute atomic E-state index is 13.8. The summed E-state index contributed by atoms with van der Waals surface area (Å²) in [6.45, 7) is 3.09. The molecule has 2 aromatic carbocycles. The number of benzene rings is 2. The van der Waals surface area contributed by atoms with E-state index in [1.807, 2.05) is 42.5 Å². The molecule has 1 aliphatic heterocycles. The fraction of sp³-hybridized carbons (Fsp3) is 0.192. The van der Waals surface area contributed by atoms with Crippen LogP contribution >= 0.6 is 23.2 Å². The van der Waals surface area contributed by atoms with Crippen LogP contribution in [0.25, 0.3) is 33.8 Å². The van der Waals surface area contributed by atoms with Crippen molar-refractivity contribution in [2.24, 2.45) is 0 Å². The molecule has 0 N–H and O–H groups in total. The molecule has 7 heteroatoms. The van der Waals surface area contributed by atoms with Gasteiger partial charge in [-0.25, -0.2) is 14.4 Å². The quantitative estimate of drug-likeness (QED) is 0.308. The van der Waals surface area contributed by atoms with Crippen LogP contribution in [0.3, 0.4) is 0 Å². The SMILES string of the molecule is CC1CCCN1c1nc(-c2ccc(-c3ncccc3Cl)cc2)cc(-c2ccc(F)c(Cl)c2)n1. The number of anilines is 1. The molecular weight excluding hydrogens is 458 g/mol. The third kappa shape index (κ3) is 4.43. The van der Waals surface area contributed by atoms with Gasteiger partial charge in [-0.2, -0.15) is 0 Å². The Balaban J connectivity index is 1.59. The first kappa shape index (κ1) is 21.8. The molecule has 1 aliphatic rings. The van der Waals surface area contributed by atoms with Crippen LogP contribution < -0.4 is 4.90 Å². The summed E-state index contributed by atoms with van der Waals surface area (Å²) in [5.74, 6) is 0.219. The van der Waals surface area contributed by atoms with E-state index in [1.165, 1.54) is 6.07 Å². The number of aromatic nitrogens is 3. The van der Waals surface area contributed by atoms with Crippen molar-refractivity contribution in [3.05, 3.63) is 82.7 Å². The average Bonchev–Trinajstić information content (AvgIpc) is 3.27. The Morgan fingerprint density at radius 1 is 0.879 bits per heavy atom. The predicted octanol–water partition coefficient (Wildman–Crippen LogP) is 7.31. The summed E-state index contributed by atoms with van der Waals surface area (Å²) in [5.41, 5.74) is 4.84. The lowest BCUT2D eigenvalue weighted by Gasteiger charge is -2.22. The minimum Gasteiger partial charge on any atom is -0.338 e. The lowest BCUT2D eigenvalue weighted by Crippen LogP contribution is -2.28. The van der Waals surface area contributed by atoms with Crippen molar-refractivity contribution in [1.82, 2.24) is 15.0 Å². The lowest BCUT2D eigenvalue weighted by atomic mass is 10.0. The van der Waals surface area contributed by atoms with Crippen molar-refractivity contribution >= 4 is 29.2 Å².